The van der Waals surface area contributed by atoms with Gasteiger partial charge in [-0.3, -0.25) is 0 Å². The van der Waals surface area contributed by atoms with E-state index in [1.807, 2.05) is 6.07 Å². The Balaban J connectivity index is 2.76. The van der Waals surface area contributed by atoms with Gasteiger partial charge in [-0.2, -0.15) is 0 Å². The van der Waals surface area contributed by atoms with E-state index in [1.165, 1.54) is 9.60 Å². The second-order valence-electron chi connectivity index (χ2n) is 2.69. The fourth-order valence-electron chi connectivity index (χ4n) is 1.19. The van der Waals surface area contributed by atoms with Crippen molar-refractivity contribution in [3.05, 3.63) is 18.2 Å². The summed E-state index contributed by atoms with van der Waals surface area (Å²) in [6.07, 6.45) is 2.07. The average molecular weight is 227 g/mol. The van der Waals surface area contributed by atoms with Crippen LogP contribution < -0.4 is 5.73 Å². The van der Waals surface area contributed by atoms with E-state index in [0.29, 0.717) is 0 Å². The van der Waals surface area contributed by atoms with Crippen LogP contribution in [0.4, 0.5) is 5.69 Å². The van der Waals surface area contributed by atoms with Gasteiger partial charge in [0.1, 0.15) is 0 Å². The first-order valence-electron chi connectivity index (χ1n) is 3.77. The molecule has 13 heavy (non-hydrogen) atoms. The van der Waals surface area contributed by atoms with E-state index in [-0.39, 0.29) is 0 Å². The Labute approximate surface area is 90.7 Å². The summed E-state index contributed by atoms with van der Waals surface area (Å²) in [7, 11) is 0. The van der Waals surface area contributed by atoms with Gasteiger partial charge in [0, 0.05) is 4.90 Å². The Kier molecular flexibility index (Phi) is 2.45. The molecule has 1 nitrogen and oxygen atoms in total. The second-order valence-corrected chi connectivity index (χ2v) is 5.33. The molecule has 2 rings (SSSR count). The number of nitrogen functional groups attached to an aromatic ring is 1. The summed E-state index contributed by atoms with van der Waals surface area (Å²) in [6, 6.07) is 6.16. The monoisotopic (exact) mass is 227 g/mol. The summed E-state index contributed by atoms with van der Waals surface area (Å²) < 4.78 is 2.44. The number of benzene rings is 1. The van der Waals surface area contributed by atoms with Crippen LogP contribution in [0, 0.1) is 0 Å². The maximum Gasteiger partial charge on any atom is 0.0631 e. The van der Waals surface area contributed by atoms with Crippen molar-refractivity contribution in [1.82, 2.24) is 0 Å². The lowest BCUT2D eigenvalue weighted by Crippen LogP contribution is -1.85. The zero-order chi connectivity index (χ0) is 9.42. The van der Waals surface area contributed by atoms with E-state index in [2.05, 4.69) is 31.0 Å². The van der Waals surface area contributed by atoms with Gasteiger partial charge in [0.25, 0.3) is 0 Å². The number of rotatable bonds is 1. The minimum Gasteiger partial charge on any atom is -0.397 e. The van der Waals surface area contributed by atoms with Crippen molar-refractivity contribution in [3.63, 3.8) is 0 Å². The highest BCUT2D eigenvalue weighted by Gasteiger charge is 2.05. The van der Waals surface area contributed by atoms with Crippen LogP contribution in [0.25, 0.3) is 10.1 Å². The largest absolute Gasteiger partial charge is 0.397 e. The molecule has 0 unspecified atom stereocenters. The number of thioether (sulfide) groups is 1. The van der Waals surface area contributed by atoms with Gasteiger partial charge in [-0.15, -0.1) is 35.7 Å². The highest BCUT2D eigenvalue weighted by Crippen LogP contribution is 2.37. The normalized spacial score (nSPS) is 10.9. The molecule has 1 heterocycles. The quantitative estimate of drug-likeness (QED) is 0.443. The zero-order valence-electron chi connectivity index (χ0n) is 7.07. The third-order valence-corrected chi connectivity index (χ3v) is 4.52. The number of nitrogens with two attached hydrogens (primary N) is 1. The molecule has 68 valence electrons. The summed E-state index contributed by atoms with van der Waals surface area (Å²) in [4.78, 5) is 0.863. The molecule has 0 saturated carbocycles. The molecule has 0 radical (unpaired) electrons. The molecule has 0 atom stereocenters. The highest BCUT2D eigenvalue weighted by atomic mass is 32.2. The minimum absolute atomic E-state index is 0.797. The summed E-state index contributed by atoms with van der Waals surface area (Å²) in [5.74, 6) is 0. The lowest BCUT2D eigenvalue weighted by molar-refractivity contribution is 1.53. The summed E-state index contributed by atoms with van der Waals surface area (Å²) >= 11 is 7.76. The standard InChI is InChI=1S/C9H9NS3/c1-12-7-4-5-2-3-6(11)8(10)9(5)13-7/h2-4,11H,10H2,1H3. The number of hydrogen-bond donors (Lipinski definition) is 2. The lowest BCUT2D eigenvalue weighted by Gasteiger charge is -1.98. The van der Waals surface area contributed by atoms with E-state index < -0.39 is 0 Å². The summed E-state index contributed by atoms with van der Waals surface area (Å²) in [6.45, 7) is 0. The van der Waals surface area contributed by atoms with Gasteiger partial charge in [0.15, 0.2) is 0 Å². The molecule has 2 N–H and O–H groups in total. The number of thiophene rings is 1. The molecule has 0 bridgehead atoms. The second kappa shape index (κ2) is 3.44. The fourth-order valence-corrected chi connectivity index (χ4v) is 3.13. The predicted molar refractivity (Wildman–Crippen MR) is 65.3 cm³/mol. The van der Waals surface area contributed by atoms with E-state index >= 15 is 0 Å². The number of fused-ring (bicyclic) bond motifs is 1. The Morgan fingerprint density at radius 3 is 2.92 bits per heavy atom. The van der Waals surface area contributed by atoms with Gasteiger partial charge in [0.05, 0.1) is 14.6 Å². The Morgan fingerprint density at radius 1 is 1.46 bits per heavy atom. The summed E-state index contributed by atoms with van der Waals surface area (Å²) in [5.41, 5.74) is 6.71. The van der Waals surface area contributed by atoms with E-state index in [4.69, 9.17) is 5.73 Å². The van der Waals surface area contributed by atoms with Crippen LogP contribution in [0.5, 0.6) is 0 Å². The number of anilines is 1. The van der Waals surface area contributed by atoms with E-state index in [0.717, 1.165) is 15.3 Å². The molecular formula is C9H9NS3. The molecule has 0 fully saturated rings. The van der Waals surface area contributed by atoms with Crippen molar-refractivity contribution < 1.29 is 0 Å². The smallest absolute Gasteiger partial charge is 0.0631 e. The molecule has 4 heteroatoms. The third kappa shape index (κ3) is 1.54. The van der Waals surface area contributed by atoms with Crippen LogP contribution in [0.2, 0.25) is 0 Å². The Morgan fingerprint density at radius 2 is 2.23 bits per heavy atom. The van der Waals surface area contributed by atoms with Crippen LogP contribution in [0.15, 0.2) is 27.3 Å². The van der Waals surface area contributed by atoms with E-state index in [1.54, 1.807) is 23.1 Å². The Hall–Kier alpha value is -0.320. The minimum atomic E-state index is 0.797. The SMILES string of the molecule is CSc1cc2ccc(S)c(N)c2s1. The van der Waals surface area contributed by atoms with Gasteiger partial charge in [-0.1, -0.05) is 6.07 Å². The first kappa shape index (κ1) is 9.24. The fraction of sp³-hybridized carbons (Fsp3) is 0.111. The maximum atomic E-state index is 5.91. The van der Waals surface area contributed by atoms with Crippen molar-refractivity contribution in [2.45, 2.75) is 9.10 Å². The summed E-state index contributed by atoms with van der Waals surface area (Å²) in [5, 5.41) is 1.21. The maximum absolute atomic E-state index is 5.91. The molecule has 0 saturated heterocycles. The molecule has 1 aromatic heterocycles. The lowest BCUT2D eigenvalue weighted by atomic mass is 10.2. The van der Waals surface area contributed by atoms with Crippen molar-refractivity contribution in [2.24, 2.45) is 0 Å². The van der Waals surface area contributed by atoms with Crippen LogP contribution >= 0.6 is 35.7 Å². The molecule has 0 aliphatic rings. The predicted octanol–water partition coefficient (Wildman–Crippen LogP) is 3.49. The molecule has 0 aliphatic carbocycles. The molecule has 0 amide bonds. The van der Waals surface area contributed by atoms with Crippen LogP contribution in [-0.2, 0) is 0 Å². The van der Waals surface area contributed by atoms with Crippen LogP contribution in [0.3, 0.4) is 0 Å². The molecule has 0 aliphatic heterocycles. The zero-order valence-corrected chi connectivity index (χ0v) is 9.60. The van der Waals surface area contributed by atoms with Crippen LogP contribution in [-0.4, -0.2) is 6.26 Å². The van der Waals surface area contributed by atoms with Gasteiger partial charge in [-0.05, 0) is 23.8 Å². The number of thiol groups is 1. The average Bonchev–Trinajstić information content (AvgIpc) is 2.55. The molecule has 2 aromatic rings. The Bertz CT molecular complexity index is 447. The van der Waals surface area contributed by atoms with Crippen molar-refractivity contribution in [3.8, 4) is 0 Å². The van der Waals surface area contributed by atoms with Crippen LogP contribution in [0.1, 0.15) is 0 Å². The van der Waals surface area contributed by atoms with Gasteiger partial charge in [0.2, 0.25) is 0 Å². The van der Waals surface area contributed by atoms with Gasteiger partial charge in [-0.25, -0.2) is 0 Å². The first-order chi connectivity index (χ1) is 6.22. The molecule has 0 spiro atoms. The van der Waals surface area contributed by atoms with E-state index in [9.17, 15) is 0 Å². The van der Waals surface area contributed by atoms with Crippen molar-refractivity contribution >= 4 is 51.5 Å². The third-order valence-electron chi connectivity index (χ3n) is 1.88. The first-order valence-corrected chi connectivity index (χ1v) is 6.26. The molecule has 1 aromatic carbocycles. The van der Waals surface area contributed by atoms with Gasteiger partial charge < -0.3 is 5.73 Å². The van der Waals surface area contributed by atoms with Crippen molar-refractivity contribution in [1.29, 1.82) is 0 Å². The highest BCUT2D eigenvalue weighted by molar-refractivity contribution is 8.00. The van der Waals surface area contributed by atoms with Crippen molar-refractivity contribution in [2.75, 3.05) is 12.0 Å². The topological polar surface area (TPSA) is 26.0 Å². The number of hydrogen-bond acceptors (Lipinski definition) is 4. The molecular weight excluding hydrogens is 218 g/mol. The van der Waals surface area contributed by atoms with Gasteiger partial charge >= 0.3 is 0 Å².